The molecule has 0 fully saturated rings. The highest BCUT2D eigenvalue weighted by molar-refractivity contribution is 5.38. The summed E-state index contributed by atoms with van der Waals surface area (Å²) in [4.78, 5) is 8.02. The first-order valence-electron chi connectivity index (χ1n) is 5.46. The minimum Gasteiger partial charge on any atom is -0.497 e. The Morgan fingerprint density at radius 1 is 1.29 bits per heavy atom. The van der Waals surface area contributed by atoms with Crippen molar-refractivity contribution in [2.45, 2.75) is 13.0 Å². The zero-order valence-corrected chi connectivity index (χ0v) is 9.92. The second kappa shape index (κ2) is 5.30. The fourth-order valence-corrected chi connectivity index (χ4v) is 1.59. The lowest BCUT2D eigenvalue weighted by atomic mass is 10.1. The van der Waals surface area contributed by atoms with Crippen LogP contribution in [0.15, 0.2) is 42.9 Å². The van der Waals surface area contributed by atoms with E-state index in [4.69, 9.17) is 4.74 Å². The standard InChI is InChI=1S/C13H15N3O/c1-10(16-13-6-7-14-9-15-13)11-4-3-5-12(8-11)17-2/h3-10H,1-2H3,(H,14,15,16)/t10-/m1/s1. The zero-order chi connectivity index (χ0) is 12.1. The van der Waals surface area contributed by atoms with Crippen LogP contribution in [0.1, 0.15) is 18.5 Å². The third-order valence-corrected chi connectivity index (χ3v) is 2.54. The van der Waals surface area contributed by atoms with Gasteiger partial charge in [0.15, 0.2) is 0 Å². The number of benzene rings is 1. The van der Waals surface area contributed by atoms with E-state index in [2.05, 4.69) is 28.3 Å². The molecule has 4 heteroatoms. The molecule has 2 rings (SSSR count). The number of nitrogens with one attached hydrogen (secondary N) is 1. The van der Waals surface area contributed by atoms with Crippen molar-refractivity contribution >= 4 is 5.82 Å². The summed E-state index contributed by atoms with van der Waals surface area (Å²) in [6.07, 6.45) is 3.24. The normalized spacial score (nSPS) is 11.9. The Bertz CT molecular complexity index is 473. The van der Waals surface area contributed by atoms with Crippen molar-refractivity contribution in [3.63, 3.8) is 0 Å². The van der Waals surface area contributed by atoms with Crippen LogP contribution in [0.3, 0.4) is 0 Å². The third kappa shape index (κ3) is 2.93. The molecule has 0 aliphatic carbocycles. The highest BCUT2D eigenvalue weighted by atomic mass is 16.5. The van der Waals surface area contributed by atoms with Crippen molar-refractivity contribution < 1.29 is 4.74 Å². The number of hydrogen-bond donors (Lipinski definition) is 1. The van der Waals surface area contributed by atoms with E-state index in [9.17, 15) is 0 Å². The van der Waals surface area contributed by atoms with Gasteiger partial charge in [-0.3, -0.25) is 0 Å². The maximum atomic E-state index is 5.20. The van der Waals surface area contributed by atoms with Crippen LogP contribution in [0.25, 0.3) is 0 Å². The topological polar surface area (TPSA) is 47.0 Å². The van der Waals surface area contributed by atoms with Crippen LogP contribution in [0.4, 0.5) is 5.82 Å². The molecule has 1 atom stereocenters. The number of nitrogens with zero attached hydrogens (tertiary/aromatic N) is 2. The van der Waals surface area contributed by atoms with Gasteiger partial charge < -0.3 is 10.1 Å². The van der Waals surface area contributed by atoms with Gasteiger partial charge in [0.2, 0.25) is 0 Å². The molecule has 17 heavy (non-hydrogen) atoms. The Labute approximate surface area is 101 Å². The van der Waals surface area contributed by atoms with Crippen molar-refractivity contribution in [2.24, 2.45) is 0 Å². The quantitative estimate of drug-likeness (QED) is 0.875. The molecule has 1 N–H and O–H groups in total. The molecule has 0 saturated heterocycles. The molecule has 0 aliphatic rings. The van der Waals surface area contributed by atoms with Crippen LogP contribution >= 0.6 is 0 Å². The van der Waals surface area contributed by atoms with Gasteiger partial charge in [-0.05, 0) is 30.7 Å². The molecule has 1 heterocycles. The van der Waals surface area contributed by atoms with Gasteiger partial charge in [0.25, 0.3) is 0 Å². The molecular weight excluding hydrogens is 214 g/mol. The summed E-state index contributed by atoms with van der Waals surface area (Å²) in [7, 11) is 1.67. The predicted molar refractivity (Wildman–Crippen MR) is 67.1 cm³/mol. The van der Waals surface area contributed by atoms with E-state index >= 15 is 0 Å². The molecule has 4 nitrogen and oxygen atoms in total. The van der Waals surface area contributed by atoms with Crippen LogP contribution in [0, 0.1) is 0 Å². The average molecular weight is 229 g/mol. The number of ether oxygens (including phenoxy) is 1. The largest absolute Gasteiger partial charge is 0.497 e. The highest BCUT2D eigenvalue weighted by Crippen LogP contribution is 2.21. The molecule has 1 aromatic heterocycles. The SMILES string of the molecule is COc1cccc([C@@H](C)Nc2ccncn2)c1. The molecule has 0 amide bonds. The van der Waals surface area contributed by atoms with Crippen molar-refractivity contribution in [1.82, 2.24) is 9.97 Å². The maximum Gasteiger partial charge on any atom is 0.129 e. The van der Waals surface area contributed by atoms with Crippen molar-refractivity contribution in [3.05, 3.63) is 48.4 Å². The maximum absolute atomic E-state index is 5.20. The smallest absolute Gasteiger partial charge is 0.129 e. The molecule has 0 radical (unpaired) electrons. The molecule has 0 aliphatic heterocycles. The van der Waals surface area contributed by atoms with E-state index in [1.807, 2.05) is 24.3 Å². The van der Waals surface area contributed by atoms with E-state index in [-0.39, 0.29) is 6.04 Å². The Morgan fingerprint density at radius 2 is 2.18 bits per heavy atom. The van der Waals surface area contributed by atoms with Gasteiger partial charge in [0.1, 0.15) is 17.9 Å². The molecule has 0 saturated carbocycles. The van der Waals surface area contributed by atoms with Gasteiger partial charge in [-0.1, -0.05) is 12.1 Å². The van der Waals surface area contributed by atoms with E-state index in [0.29, 0.717) is 0 Å². The first-order valence-corrected chi connectivity index (χ1v) is 5.46. The van der Waals surface area contributed by atoms with Gasteiger partial charge >= 0.3 is 0 Å². The van der Waals surface area contributed by atoms with Crippen LogP contribution < -0.4 is 10.1 Å². The summed E-state index contributed by atoms with van der Waals surface area (Å²) >= 11 is 0. The van der Waals surface area contributed by atoms with Crippen molar-refractivity contribution in [2.75, 3.05) is 12.4 Å². The van der Waals surface area contributed by atoms with Gasteiger partial charge in [0, 0.05) is 6.20 Å². The Morgan fingerprint density at radius 3 is 2.88 bits per heavy atom. The Kier molecular flexibility index (Phi) is 3.55. The number of rotatable bonds is 4. The molecular formula is C13H15N3O. The van der Waals surface area contributed by atoms with Crippen molar-refractivity contribution in [1.29, 1.82) is 0 Å². The van der Waals surface area contributed by atoms with Crippen LogP contribution in [-0.4, -0.2) is 17.1 Å². The van der Waals surface area contributed by atoms with Crippen molar-refractivity contribution in [3.8, 4) is 5.75 Å². The minimum absolute atomic E-state index is 0.167. The molecule has 88 valence electrons. The summed E-state index contributed by atoms with van der Waals surface area (Å²) in [6.45, 7) is 2.08. The average Bonchev–Trinajstić information content (AvgIpc) is 2.40. The van der Waals surface area contributed by atoms with E-state index in [1.165, 1.54) is 6.33 Å². The van der Waals surface area contributed by atoms with Gasteiger partial charge in [-0.25, -0.2) is 9.97 Å². The lowest BCUT2D eigenvalue weighted by molar-refractivity contribution is 0.414. The fourth-order valence-electron chi connectivity index (χ4n) is 1.59. The number of anilines is 1. The fraction of sp³-hybridized carbons (Fsp3) is 0.231. The van der Waals surface area contributed by atoms with Crippen LogP contribution in [0.2, 0.25) is 0 Å². The molecule has 0 unspecified atom stereocenters. The van der Waals surface area contributed by atoms with Crippen LogP contribution in [-0.2, 0) is 0 Å². The monoisotopic (exact) mass is 229 g/mol. The van der Waals surface area contributed by atoms with Gasteiger partial charge in [-0.15, -0.1) is 0 Å². The van der Waals surface area contributed by atoms with Gasteiger partial charge in [0.05, 0.1) is 13.2 Å². The molecule has 2 aromatic rings. The number of aromatic nitrogens is 2. The summed E-state index contributed by atoms with van der Waals surface area (Å²) in [5, 5.41) is 3.30. The second-order valence-electron chi connectivity index (χ2n) is 3.74. The Hall–Kier alpha value is -2.10. The van der Waals surface area contributed by atoms with E-state index in [1.54, 1.807) is 13.3 Å². The number of hydrogen-bond acceptors (Lipinski definition) is 4. The second-order valence-corrected chi connectivity index (χ2v) is 3.74. The van der Waals surface area contributed by atoms with Crippen LogP contribution in [0.5, 0.6) is 5.75 Å². The highest BCUT2D eigenvalue weighted by Gasteiger charge is 2.06. The van der Waals surface area contributed by atoms with E-state index < -0.39 is 0 Å². The number of methoxy groups -OCH3 is 1. The molecule has 0 spiro atoms. The molecule has 0 bridgehead atoms. The summed E-state index contributed by atoms with van der Waals surface area (Å²) in [5.41, 5.74) is 1.16. The Balaban J connectivity index is 2.11. The summed E-state index contributed by atoms with van der Waals surface area (Å²) in [5.74, 6) is 1.68. The van der Waals surface area contributed by atoms with Gasteiger partial charge in [-0.2, -0.15) is 0 Å². The first kappa shape index (κ1) is 11.4. The minimum atomic E-state index is 0.167. The van der Waals surface area contributed by atoms with E-state index in [0.717, 1.165) is 17.1 Å². The molecule has 1 aromatic carbocycles. The first-order chi connectivity index (χ1) is 8.29. The lowest BCUT2D eigenvalue weighted by Crippen LogP contribution is -2.07. The summed E-state index contributed by atoms with van der Waals surface area (Å²) < 4.78 is 5.20. The zero-order valence-electron chi connectivity index (χ0n) is 9.92. The lowest BCUT2D eigenvalue weighted by Gasteiger charge is -2.15. The summed E-state index contributed by atoms with van der Waals surface area (Å²) in [6, 6.07) is 9.99. The predicted octanol–water partition coefficient (Wildman–Crippen LogP) is 2.66. The third-order valence-electron chi connectivity index (χ3n) is 2.54.